The number of benzene rings is 1. The molecule has 2 heteroatoms. The summed E-state index contributed by atoms with van der Waals surface area (Å²) in [7, 11) is 0. The Balaban J connectivity index is 2.01. The molecule has 0 radical (unpaired) electrons. The number of aryl methyl sites for hydroxylation is 1. The molecule has 0 fully saturated rings. The second-order valence-electron chi connectivity index (χ2n) is 5.03. The molecule has 0 aliphatic heterocycles. The third-order valence-electron chi connectivity index (χ3n) is 3.29. The monoisotopic (exact) mass is 269 g/mol. The van der Waals surface area contributed by atoms with Crippen LogP contribution in [0.25, 0.3) is 11.3 Å². The first-order chi connectivity index (χ1) is 9.83. The number of unbranched alkanes of at least 4 members (excludes halogenated alkanes) is 1. The van der Waals surface area contributed by atoms with E-state index in [9.17, 15) is 0 Å². The summed E-state index contributed by atoms with van der Waals surface area (Å²) < 4.78 is 5.63. The minimum Gasteiger partial charge on any atom is -0.492 e. The van der Waals surface area contributed by atoms with Gasteiger partial charge in [-0.2, -0.15) is 0 Å². The van der Waals surface area contributed by atoms with Crippen LogP contribution in [-0.4, -0.2) is 11.6 Å². The standard InChI is InChI=1S/C18H23NO/c1-3-5-13-20-17-11-12-18(19-14-17)16-9-7-15(6-4-2)8-10-16/h7-12,14H,3-6,13H2,1-2H3. The van der Waals surface area contributed by atoms with Crippen molar-refractivity contribution in [3.05, 3.63) is 48.2 Å². The Hall–Kier alpha value is -1.83. The first kappa shape index (κ1) is 14.6. The fraction of sp³-hybridized carbons (Fsp3) is 0.389. The highest BCUT2D eigenvalue weighted by Gasteiger charge is 2.01. The molecule has 2 rings (SSSR count). The average molecular weight is 269 g/mol. The maximum Gasteiger partial charge on any atom is 0.137 e. The van der Waals surface area contributed by atoms with Crippen molar-refractivity contribution in [1.82, 2.24) is 4.98 Å². The molecule has 0 spiro atoms. The quantitative estimate of drug-likeness (QED) is 0.668. The zero-order valence-electron chi connectivity index (χ0n) is 12.4. The first-order valence-corrected chi connectivity index (χ1v) is 7.51. The van der Waals surface area contributed by atoms with Crippen LogP contribution in [0.3, 0.4) is 0 Å². The number of nitrogens with zero attached hydrogens (tertiary/aromatic N) is 1. The van der Waals surface area contributed by atoms with Gasteiger partial charge in [0.05, 0.1) is 18.5 Å². The summed E-state index contributed by atoms with van der Waals surface area (Å²) in [6.07, 6.45) is 6.36. The molecule has 1 heterocycles. The summed E-state index contributed by atoms with van der Waals surface area (Å²) in [5.41, 5.74) is 3.54. The van der Waals surface area contributed by atoms with E-state index in [0.717, 1.165) is 42.9 Å². The molecule has 0 bridgehead atoms. The van der Waals surface area contributed by atoms with Crippen molar-refractivity contribution in [2.45, 2.75) is 39.5 Å². The number of aromatic nitrogens is 1. The van der Waals surface area contributed by atoms with Crippen LogP contribution >= 0.6 is 0 Å². The third kappa shape index (κ3) is 4.09. The predicted octanol–water partition coefficient (Wildman–Crippen LogP) is 4.88. The Morgan fingerprint density at radius 2 is 1.75 bits per heavy atom. The Morgan fingerprint density at radius 1 is 0.950 bits per heavy atom. The van der Waals surface area contributed by atoms with E-state index in [4.69, 9.17) is 4.74 Å². The van der Waals surface area contributed by atoms with Crippen LogP contribution in [0, 0.1) is 0 Å². The smallest absolute Gasteiger partial charge is 0.137 e. The summed E-state index contributed by atoms with van der Waals surface area (Å²) in [5.74, 6) is 0.852. The van der Waals surface area contributed by atoms with Crippen molar-refractivity contribution in [1.29, 1.82) is 0 Å². The van der Waals surface area contributed by atoms with Gasteiger partial charge >= 0.3 is 0 Å². The molecular formula is C18H23NO. The highest BCUT2D eigenvalue weighted by Crippen LogP contribution is 2.20. The minimum absolute atomic E-state index is 0.767. The van der Waals surface area contributed by atoms with Gasteiger partial charge in [-0.25, -0.2) is 0 Å². The molecule has 2 nitrogen and oxygen atoms in total. The van der Waals surface area contributed by atoms with Crippen molar-refractivity contribution in [2.75, 3.05) is 6.61 Å². The van der Waals surface area contributed by atoms with E-state index in [-0.39, 0.29) is 0 Å². The Morgan fingerprint density at radius 3 is 2.35 bits per heavy atom. The van der Waals surface area contributed by atoms with Crippen LogP contribution in [0.4, 0.5) is 0 Å². The van der Waals surface area contributed by atoms with Crippen LogP contribution in [-0.2, 0) is 6.42 Å². The lowest BCUT2D eigenvalue weighted by atomic mass is 10.1. The molecule has 0 unspecified atom stereocenters. The average Bonchev–Trinajstić information content (AvgIpc) is 2.49. The van der Waals surface area contributed by atoms with Crippen molar-refractivity contribution in [2.24, 2.45) is 0 Å². The van der Waals surface area contributed by atoms with E-state index in [1.807, 2.05) is 18.3 Å². The zero-order valence-corrected chi connectivity index (χ0v) is 12.4. The highest BCUT2D eigenvalue weighted by molar-refractivity contribution is 5.59. The van der Waals surface area contributed by atoms with Gasteiger partial charge in [0, 0.05) is 5.56 Å². The van der Waals surface area contributed by atoms with Gasteiger partial charge in [0.25, 0.3) is 0 Å². The molecule has 20 heavy (non-hydrogen) atoms. The molecule has 0 amide bonds. The van der Waals surface area contributed by atoms with E-state index in [2.05, 4.69) is 43.1 Å². The van der Waals surface area contributed by atoms with Gasteiger partial charge in [-0.05, 0) is 30.5 Å². The SMILES string of the molecule is CCCCOc1ccc(-c2ccc(CCC)cc2)nc1. The van der Waals surface area contributed by atoms with Gasteiger partial charge in [-0.15, -0.1) is 0 Å². The minimum atomic E-state index is 0.767. The van der Waals surface area contributed by atoms with E-state index in [1.165, 1.54) is 12.0 Å². The molecule has 1 aromatic carbocycles. The number of pyridine rings is 1. The molecule has 106 valence electrons. The van der Waals surface area contributed by atoms with E-state index >= 15 is 0 Å². The van der Waals surface area contributed by atoms with Gasteiger partial charge < -0.3 is 4.74 Å². The van der Waals surface area contributed by atoms with Crippen LogP contribution in [0.15, 0.2) is 42.6 Å². The molecule has 2 aromatic rings. The number of hydrogen-bond donors (Lipinski definition) is 0. The van der Waals surface area contributed by atoms with Crippen molar-refractivity contribution in [3.8, 4) is 17.0 Å². The molecule has 0 aliphatic carbocycles. The topological polar surface area (TPSA) is 22.1 Å². The molecule has 0 saturated carbocycles. The summed E-state index contributed by atoms with van der Waals surface area (Å²) >= 11 is 0. The Kier molecular flexibility index (Phi) is 5.60. The lowest BCUT2D eigenvalue weighted by Crippen LogP contribution is -1.97. The van der Waals surface area contributed by atoms with Crippen LogP contribution < -0.4 is 4.74 Å². The van der Waals surface area contributed by atoms with E-state index < -0.39 is 0 Å². The van der Waals surface area contributed by atoms with Crippen molar-refractivity contribution in [3.63, 3.8) is 0 Å². The predicted molar refractivity (Wildman–Crippen MR) is 84.1 cm³/mol. The summed E-state index contributed by atoms with van der Waals surface area (Å²) in [6.45, 7) is 5.13. The number of ether oxygens (including phenoxy) is 1. The Bertz CT molecular complexity index is 502. The largest absolute Gasteiger partial charge is 0.492 e. The zero-order chi connectivity index (χ0) is 14.2. The van der Waals surface area contributed by atoms with Gasteiger partial charge in [0.1, 0.15) is 5.75 Å². The molecule has 1 aromatic heterocycles. The summed E-state index contributed by atoms with van der Waals surface area (Å²) in [4.78, 5) is 4.48. The maximum atomic E-state index is 5.63. The number of hydrogen-bond acceptors (Lipinski definition) is 2. The highest BCUT2D eigenvalue weighted by atomic mass is 16.5. The van der Waals surface area contributed by atoms with Gasteiger partial charge in [-0.1, -0.05) is 51.0 Å². The van der Waals surface area contributed by atoms with Crippen molar-refractivity contribution < 1.29 is 4.74 Å². The van der Waals surface area contributed by atoms with Crippen LogP contribution in [0.1, 0.15) is 38.7 Å². The van der Waals surface area contributed by atoms with Gasteiger partial charge in [-0.3, -0.25) is 4.98 Å². The van der Waals surface area contributed by atoms with E-state index in [0.29, 0.717) is 0 Å². The molecule has 0 saturated heterocycles. The lowest BCUT2D eigenvalue weighted by molar-refractivity contribution is 0.308. The fourth-order valence-electron chi connectivity index (χ4n) is 2.10. The van der Waals surface area contributed by atoms with Crippen LogP contribution in [0.2, 0.25) is 0 Å². The Labute approximate surface area is 121 Å². The molecule has 0 aliphatic rings. The summed E-state index contributed by atoms with van der Waals surface area (Å²) in [5, 5.41) is 0. The number of rotatable bonds is 7. The van der Waals surface area contributed by atoms with Crippen molar-refractivity contribution >= 4 is 0 Å². The third-order valence-corrected chi connectivity index (χ3v) is 3.29. The van der Waals surface area contributed by atoms with Gasteiger partial charge in [0.15, 0.2) is 0 Å². The first-order valence-electron chi connectivity index (χ1n) is 7.51. The van der Waals surface area contributed by atoms with E-state index in [1.54, 1.807) is 0 Å². The summed E-state index contributed by atoms with van der Waals surface area (Å²) in [6, 6.07) is 12.7. The molecular weight excluding hydrogens is 246 g/mol. The van der Waals surface area contributed by atoms with Crippen LogP contribution in [0.5, 0.6) is 5.75 Å². The molecule has 0 N–H and O–H groups in total. The maximum absolute atomic E-state index is 5.63. The molecule has 0 atom stereocenters. The normalized spacial score (nSPS) is 10.5. The second-order valence-corrected chi connectivity index (χ2v) is 5.03. The fourth-order valence-corrected chi connectivity index (χ4v) is 2.10. The second kappa shape index (κ2) is 7.68. The van der Waals surface area contributed by atoms with Gasteiger partial charge in [0.2, 0.25) is 0 Å². The lowest BCUT2D eigenvalue weighted by Gasteiger charge is -2.06.